The number of hydrogen-bond donors (Lipinski definition) is 1. The van der Waals surface area contributed by atoms with Gasteiger partial charge in [-0.05, 0) is 35.9 Å². The van der Waals surface area contributed by atoms with Crippen LogP contribution in [0, 0.1) is 17.2 Å². The zero-order valence-corrected chi connectivity index (χ0v) is 11.7. The second kappa shape index (κ2) is 5.14. The lowest BCUT2D eigenvalue weighted by atomic mass is 10.1. The Labute approximate surface area is 122 Å². The van der Waals surface area contributed by atoms with Crippen LogP contribution in [0.4, 0.5) is 5.69 Å². The van der Waals surface area contributed by atoms with Crippen molar-refractivity contribution in [3.05, 3.63) is 36.0 Å². The third-order valence-corrected chi connectivity index (χ3v) is 4.15. The number of amides is 1. The predicted octanol–water partition coefficient (Wildman–Crippen LogP) is 2.39. The number of carbonyl (C=O) groups excluding carboxylic acids is 1. The van der Waals surface area contributed by atoms with Crippen molar-refractivity contribution < 1.29 is 4.79 Å². The van der Waals surface area contributed by atoms with Gasteiger partial charge in [0.1, 0.15) is 6.07 Å². The summed E-state index contributed by atoms with van der Waals surface area (Å²) in [6.45, 7) is 0.628. The van der Waals surface area contributed by atoms with Crippen molar-refractivity contribution in [1.82, 2.24) is 4.98 Å². The number of benzene rings is 1. The molecule has 2 heterocycles. The van der Waals surface area contributed by atoms with Gasteiger partial charge >= 0.3 is 0 Å². The predicted molar refractivity (Wildman–Crippen MR) is 80.8 cm³/mol. The first-order chi connectivity index (χ1) is 9.74. The Kier molecular flexibility index (Phi) is 3.33. The van der Waals surface area contributed by atoms with Gasteiger partial charge in [0, 0.05) is 24.5 Å². The second-order valence-corrected chi connectivity index (χ2v) is 5.26. The molecule has 0 bridgehead atoms. The molecule has 100 valence electrons. The second-order valence-electron chi connectivity index (χ2n) is 4.90. The lowest BCUT2D eigenvalue weighted by Crippen LogP contribution is -2.25. The first-order valence-corrected chi connectivity index (χ1v) is 7.07. The normalized spacial score (nSPS) is 18.5. The van der Waals surface area contributed by atoms with E-state index in [-0.39, 0.29) is 11.8 Å². The van der Waals surface area contributed by atoms with E-state index < -0.39 is 0 Å². The van der Waals surface area contributed by atoms with Crippen LogP contribution in [0.25, 0.3) is 10.9 Å². The quantitative estimate of drug-likeness (QED) is 0.861. The van der Waals surface area contributed by atoms with Gasteiger partial charge in [-0.15, -0.1) is 0 Å². The molecule has 3 rings (SSSR count). The van der Waals surface area contributed by atoms with Crippen LogP contribution in [0.2, 0.25) is 0 Å². The number of carbonyl (C=O) groups is 1. The summed E-state index contributed by atoms with van der Waals surface area (Å²) in [5, 5.41) is 10.2. The van der Waals surface area contributed by atoms with Gasteiger partial charge in [0.2, 0.25) is 5.91 Å². The molecule has 0 radical (unpaired) electrons. The molecule has 2 aromatic rings. The van der Waals surface area contributed by atoms with Gasteiger partial charge in [-0.1, -0.05) is 0 Å². The molecule has 0 saturated carbocycles. The summed E-state index contributed by atoms with van der Waals surface area (Å²) < 4.78 is 0. The van der Waals surface area contributed by atoms with Crippen LogP contribution in [0.15, 0.2) is 30.5 Å². The van der Waals surface area contributed by atoms with E-state index in [1.807, 2.05) is 18.2 Å². The molecule has 1 unspecified atom stereocenters. The number of aromatic nitrogens is 1. The van der Waals surface area contributed by atoms with E-state index >= 15 is 0 Å². The minimum Gasteiger partial charge on any atom is -0.311 e. The number of thiol groups is 1. The number of nitriles is 1. The SMILES string of the molecule is N#Cc1c(N2CC(CS)CC2=O)ccc2ncccc12. The molecule has 1 amide bonds. The van der Waals surface area contributed by atoms with Crippen LogP contribution in [0.1, 0.15) is 12.0 Å². The summed E-state index contributed by atoms with van der Waals surface area (Å²) in [7, 11) is 0. The first-order valence-electron chi connectivity index (χ1n) is 6.43. The summed E-state index contributed by atoms with van der Waals surface area (Å²) in [5.74, 6) is 0.991. The number of pyridine rings is 1. The number of rotatable bonds is 2. The zero-order valence-electron chi connectivity index (χ0n) is 10.8. The van der Waals surface area contributed by atoms with E-state index in [0.29, 0.717) is 30.0 Å². The maximum absolute atomic E-state index is 12.1. The van der Waals surface area contributed by atoms with Gasteiger partial charge in [-0.25, -0.2) is 0 Å². The number of anilines is 1. The molecule has 0 spiro atoms. The highest BCUT2D eigenvalue weighted by Gasteiger charge is 2.31. The van der Waals surface area contributed by atoms with Crippen LogP contribution in [0.3, 0.4) is 0 Å². The molecule has 5 heteroatoms. The molecule has 1 aliphatic heterocycles. The third kappa shape index (κ3) is 2.02. The zero-order chi connectivity index (χ0) is 14.1. The maximum Gasteiger partial charge on any atom is 0.227 e. The van der Waals surface area contributed by atoms with Crippen LogP contribution in [0.5, 0.6) is 0 Å². The van der Waals surface area contributed by atoms with Crippen molar-refractivity contribution in [2.45, 2.75) is 6.42 Å². The summed E-state index contributed by atoms with van der Waals surface area (Å²) >= 11 is 4.26. The van der Waals surface area contributed by atoms with Gasteiger partial charge in [0.15, 0.2) is 0 Å². The number of nitrogens with zero attached hydrogens (tertiary/aromatic N) is 3. The average Bonchev–Trinajstić information content (AvgIpc) is 2.87. The fourth-order valence-corrected chi connectivity index (χ4v) is 2.86. The van der Waals surface area contributed by atoms with Crippen LogP contribution in [-0.4, -0.2) is 23.2 Å². The fraction of sp³-hybridized carbons (Fsp3) is 0.267. The van der Waals surface area contributed by atoms with Crippen molar-refractivity contribution in [2.24, 2.45) is 5.92 Å². The van der Waals surface area contributed by atoms with Crippen molar-refractivity contribution in [1.29, 1.82) is 5.26 Å². The largest absolute Gasteiger partial charge is 0.311 e. The van der Waals surface area contributed by atoms with E-state index in [9.17, 15) is 10.1 Å². The Bertz CT molecular complexity index is 723. The Morgan fingerprint density at radius 2 is 2.30 bits per heavy atom. The fourth-order valence-electron chi connectivity index (χ4n) is 2.62. The van der Waals surface area contributed by atoms with Gasteiger partial charge in [0.25, 0.3) is 0 Å². The Hall–Kier alpha value is -2.06. The van der Waals surface area contributed by atoms with Crippen molar-refractivity contribution in [3.8, 4) is 6.07 Å². The highest BCUT2D eigenvalue weighted by atomic mass is 32.1. The molecule has 1 aliphatic rings. The lowest BCUT2D eigenvalue weighted by Gasteiger charge is -2.18. The minimum atomic E-state index is 0.0591. The van der Waals surface area contributed by atoms with Gasteiger partial charge in [0.05, 0.1) is 16.8 Å². The average molecular weight is 283 g/mol. The van der Waals surface area contributed by atoms with Gasteiger partial charge in [-0.2, -0.15) is 17.9 Å². The van der Waals surface area contributed by atoms with E-state index in [0.717, 1.165) is 10.9 Å². The summed E-state index contributed by atoms with van der Waals surface area (Å²) in [4.78, 5) is 18.1. The topological polar surface area (TPSA) is 57.0 Å². The summed E-state index contributed by atoms with van der Waals surface area (Å²) in [6.07, 6.45) is 2.19. The van der Waals surface area contributed by atoms with E-state index in [1.165, 1.54) is 0 Å². The molecule has 1 aromatic heterocycles. The molecule has 1 aromatic carbocycles. The standard InChI is InChI=1S/C15H13N3OS/c16-7-12-11-2-1-5-17-13(11)3-4-14(12)18-8-10(9-20)6-15(18)19/h1-5,10,20H,6,8-9H2. The van der Waals surface area contributed by atoms with Gasteiger partial charge < -0.3 is 4.90 Å². The summed E-state index contributed by atoms with van der Waals surface area (Å²) in [6, 6.07) is 9.55. The highest BCUT2D eigenvalue weighted by molar-refractivity contribution is 7.80. The van der Waals surface area contributed by atoms with Crippen LogP contribution in [-0.2, 0) is 4.79 Å². The highest BCUT2D eigenvalue weighted by Crippen LogP contribution is 2.32. The molecular weight excluding hydrogens is 270 g/mol. The molecule has 0 N–H and O–H groups in total. The Morgan fingerprint density at radius 1 is 1.45 bits per heavy atom. The molecule has 1 saturated heterocycles. The van der Waals surface area contributed by atoms with E-state index in [4.69, 9.17) is 0 Å². The first kappa shape index (κ1) is 12.9. The number of fused-ring (bicyclic) bond motifs is 1. The minimum absolute atomic E-state index is 0.0591. The molecule has 4 nitrogen and oxygen atoms in total. The third-order valence-electron chi connectivity index (χ3n) is 3.63. The van der Waals surface area contributed by atoms with E-state index in [2.05, 4.69) is 23.7 Å². The molecule has 20 heavy (non-hydrogen) atoms. The molecular formula is C15H13N3OS. The molecule has 1 fully saturated rings. The monoisotopic (exact) mass is 283 g/mol. The molecule has 0 aliphatic carbocycles. The Morgan fingerprint density at radius 3 is 3.00 bits per heavy atom. The van der Waals surface area contributed by atoms with Crippen LogP contribution >= 0.6 is 12.6 Å². The van der Waals surface area contributed by atoms with Crippen molar-refractivity contribution >= 4 is 35.1 Å². The van der Waals surface area contributed by atoms with E-state index in [1.54, 1.807) is 17.2 Å². The van der Waals surface area contributed by atoms with Crippen LogP contribution < -0.4 is 4.90 Å². The van der Waals surface area contributed by atoms with Gasteiger partial charge in [-0.3, -0.25) is 9.78 Å². The van der Waals surface area contributed by atoms with Crippen molar-refractivity contribution in [2.75, 3.05) is 17.2 Å². The molecule has 1 atom stereocenters. The summed E-state index contributed by atoms with van der Waals surface area (Å²) in [5.41, 5.74) is 1.97. The maximum atomic E-state index is 12.1. The smallest absolute Gasteiger partial charge is 0.227 e. The lowest BCUT2D eigenvalue weighted by molar-refractivity contribution is -0.117. The number of hydrogen-bond acceptors (Lipinski definition) is 4. The van der Waals surface area contributed by atoms with Crippen molar-refractivity contribution in [3.63, 3.8) is 0 Å². The Balaban J connectivity index is 2.13.